The number of hydroxylamine groups is 2. The van der Waals surface area contributed by atoms with Gasteiger partial charge in [-0.2, -0.15) is 13.2 Å². The SMILES string of the molecule is Cn1c(-c2ccccc2C(F)(F)F)nnc1C12CCC(C3=NCN(C4CC(F)(F)C4)O3)(CC1)CC2. The maximum Gasteiger partial charge on any atom is 0.417 e. The van der Waals surface area contributed by atoms with Crippen molar-refractivity contribution in [3.63, 3.8) is 0 Å². The van der Waals surface area contributed by atoms with Gasteiger partial charge in [0.05, 0.1) is 11.6 Å². The lowest BCUT2D eigenvalue weighted by Crippen LogP contribution is -2.52. The van der Waals surface area contributed by atoms with E-state index in [-0.39, 0.29) is 47.8 Å². The summed E-state index contributed by atoms with van der Waals surface area (Å²) in [6.07, 6.45) is -0.0694. The molecular weight excluding hydrogens is 469 g/mol. The Kier molecular flexibility index (Phi) is 4.88. The highest BCUT2D eigenvalue weighted by molar-refractivity contribution is 5.84. The summed E-state index contributed by atoms with van der Waals surface area (Å²) in [5.41, 5.74) is -1.18. The molecule has 0 amide bonds. The van der Waals surface area contributed by atoms with Gasteiger partial charge < -0.3 is 9.40 Å². The summed E-state index contributed by atoms with van der Waals surface area (Å²) in [5, 5.41) is 10.2. The van der Waals surface area contributed by atoms with Gasteiger partial charge >= 0.3 is 6.18 Å². The number of aromatic nitrogens is 3. The molecule has 1 aromatic heterocycles. The van der Waals surface area contributed by atoms with Gasteiger partial charge in [-0.05, 0) is 44.6 Å². The minimum absolute atomic E-state index is 0.0222. The number of hydrogen-bond donors (Lipinski definition) is 0. The molecule has 11 heteroatoms. The molecule has 4 fully saturated rings. The molecule has 5 aliphatic rings. The van der Waals surface area contributed by atoms with Gasteiger partial charge in [-0.15, -0.1) is 15.3 Å². The first-order chi connectivity index (χ1) is 16.5. The van der Waals surface area contributed by atoms with Crippen molar-refractivity contribution in [3.05, 3.63) is 35.7 Å². The van der Waals surface area contributed by atoms with Crippen molar-refractivity contribution < 1.29 is 26.8 Å². The zero-order chi connectivity index (χ0) is 24.6. The third kappa shape index (κ3) is 3.56. The molecule has 0 radical (unpaired) electrons. The van der Waals surface area contributed by atoms with E-state index in [1.165, 1.54) is 12.1 Å². The largest absolute Gasteiger partial charge is 0.417 e. The Balaban J connectivity index is 1.20. The van der Waals surface area contributed by atoms with Gasteiger partial charge in [0.25, 0.3) is 5.92 Å². The number of aliphatic imine (C=N–C) groups is 1. The number of alkyl halides is 5. The molecule has 4 aliphatic carbocycles. The smallest absolute Gasteiger partial charge is 0.388 e. The van der Waals surface area contributed by atoms with Gasteiger partial charge in [0, 0.05) is 36.3 Å². The third-order valence-electron chi connectivity index (χ3n) is 8.56. The molecule has 7 rings (SSSR count). The second kappa shape index (κ2) is 7.47. The lowest BCUT2D eigenvalue weighted by Gasteiger charge is -2.52. The normalized spacial score (nSPS) is 30.7. The molecule has 0 atom stereocenters. The topological polar surface area (TPSA) is 55.5 Å². The van der Waals surface area contributed by atoms with Gasteiger partial charge in [-0.25, -0.2) is 13.8 Å². The van der Waals surface area contributed by atoms with Crippen molar-refractivity contribution >= 4 is 5.90 Å². The number of hydrogen-bond acceptors (Lipinski definition) is 5. The number of halogens is 5. The van der Waals surface area contributed by atoms with Crippen LogP contribution in [0, 0.1) is 5.41 Å². The predicted octanol–water partition coefficient (Wildman–Crippen LogP) is 5.49. The van der Waals surface area contributed by atoms with Gasteiger partial charge in [0.15, 0.2) is 5.82 Å². The van der Waals surface area contributed by atoms with Gasteiger partial charge in [-0.1, -0.05) is 18.2 Å². The van der Waals surface area contributed by atoms with Crippen molar-refractivity contribution in [1.82, 2.24) is 19.8 Å². The Hall–Kier alpha value is -2.56. The zero-order valence-electron chi connectivity index (χ0n) is 19.3. The summed E-state index contributed by atoms with van der Waals surface area (Å²) in [5.74, 6) is -1.04. The van der Waals surface area contributed by atoms with Crippen LogP contribution in [0.5, 0.6) is 0 Å². The molecule has 0 unspecified atom stereocenters. The standard InChI is InChI=1S/C24H26F5N5O/c1-33-18(16-4-2-3-5-17(16)24(27,28)29)31-32-19(33)21-6-9-22(10-7-21,11-8-21)20-30-14-34(35-20)15-12-23(25,26)13-15/h2-5,15H,6-14H2,1H3. The van der Waals surface area contributed by atoms with E-state index in [1.807, 2.05) is 0 Å². The predicted molar refractivity (Wildman–Crippen MR) is 116 cm³/mol. The Bertz CT molecular complexity index is 1160. The van der Waals surface area contributed by atoms with Gasteiger partial charge in [-0.3, -0.25) is 0 Å². The summed E-state index contributed by atoms with van der Waals surface area (Å²) in [6.45, 7) is 0.286. The van der Waals surface area contributed by atoms with E-state index in [9.17, 15) is 22.0 Å². The lowest BCUT2D eigenvalue weighted by atomic mass is 9.53. The maximum absolute atomic E-state index is 13.6. The van der Waals surface area contributed by atoms with E-state index in [4.69, 9.17) is 4.84 Å². The van der Waals surface area contributed by atoms with E-state index < -0.39 is 17.7 Å². The van der Waals surface area contributed by atoms with E-state index in [2.05, 4.69) is 15.2 Å². The number of rotatable bonds is 4. The third-order valence-corrected chi connectivity index (χ3v) is 8.56. The van der Waals surface area contributed by atoms with Crippen molar-refractivity contribution in [2.75, 3.05) is 6.67 Å². The minimum Gasteiger partial charge on any atom is -0.388 e. The van der Waals surface area contributed by atoms with Crippen LogP contribution in [0.15, 0.2) is 29.3 Å². The molecule has 0 N–H and O–H groups in total. The highest BCUT2D eigenvalue weighted by Crippen LogP contribution is 2.59. The minimum atomic E-state index is -4.48. The molecule has 0 spiro atoms. The fourth-order valence-corrected chi connectivity index (χ4v) is 6.38. The average molecular weight is 495 g/mol. The summed E-state index contributed by atoms with van der Waals surface area (Å²) in [7, 11) is 1.74. The first kappa shape index (κ1) is 22.9. The Morgan fingerprint density at radius 2 is 1.57 bits per heavy atom. The summed E-state index contributed by atoms with van der Waals surface area (Å²) < 4.78 is 69.0. The highest BCUT2D eigenvalue weighted by Gasteiger charge is 2.57. The van der Waals surface area contributed by atoms with Crippen molar-refractivity contribution in [3.8, 4) is 11.4 Å². The van der Waals surface area contributed by atoms with E-state index >= 15 is 0 Å². The number of fused-ring (bicyclic) bond motifs is 3. The van der Waals surface area contributed by atoms with Crippen LogP contribution in [0.3, 0.4) is 0 Å². The Morgan fingerprint density at radius 3 is 2.20 bits per heavy atom. The van der Waals surface area contributed by atoms with Crippen LogP contribution < -0.4 is 0 Å². The van der Waals surface area contributed by atoms with Crippen molar-refractivity contribution in [1.29, 1.82) is 0 Å². The monoisotopic (exact) mass is 495 g/mol. The second-order valence-corrected chi connectivity index (χ2v) is 10.5. The molecule has 188 valence electrons. The molecule has 2 aromatic rings. The number of benzene rings is 1. The van der Waals surface area contributed by atoms with E-state index in [0.29, 0.717) is 11.7 Å². The van der Waals surface area contributed by atoms with Crippen LogP contribution in [-0.4, -0.2) is 44.4 Å². The molecule has 0 saturated heterocycles. The Morgan fingerprint density at radius 1 is 0.943 bits per heavy atom. The second-order valence-electron chi connectivity index (χ2n) is 10.5. The summed E-state index contributed by atoms with van der Waals surface area (Å²) in [6, 6.07) is 5.14. The van der Waals surface area contributed by atoms with Crippen molar-refractivity contribution in [2.45, 2.75) is 74.9 Å². The average Bonchev–Trinajstić information content (AvgIpc) is 3.46. The summed E-state index contributed by atoms with van der Waals surface area (Å²) >= 11 is 0. The fraction of sp³-hybridized carbons (Fsp3) is 0.625. The van der Waals surface area contributed by atoms with Gasteiger partial charge in [0.1, 0.15) is 12.5 Å². The Labute approximate surface area is 199 Å². The maximum atomic E-state index is 13.6. The molecule has 1 aromatic carbocycles. The fourth-order valence-electron chi connectivity index (χ4n) is 6.38. The highest BCUT2D eigenvalue weighted by atomic mass is 19.4. The molecule has 6 nitrogen and oxygen atoms in total. The van der Waals surface area contributed by atoms with Crippen LogP contribution in [0.2, 0.25) is 0 Å². The molecule has 35 heavy (non-hydrogen) atoms. The van der Waals surface area contributed by atoms with E-state index in [0.717, 1.165) is 44.6 Å². The van der Waals surface area contributed by atoms with Crippen LogP contribution in [-0.2, 0) is 23.5 Å². The molecule has 4 saturated carbocycles. The van der Waals surface area contributed by atoms with Crippen LogP contribution in [0.4, 0.5) is 22.0 Å². The summed E-state index contributed by atoms with van der Waals surface area (Å²) in [4.78, 5) is 10.6. The molecule has 2 bridgehead atoms. The molecule has 2 heterocycles. The van der Waals surface area contributed by atoms with Gasteiger partial charge in [0.2, 0.25) is 5.90 Å². The van der Waals surface area contributed by atoms with Crippen LogP contribution in [0.1, 0.15) is 62.8 Å². The van der Waals surface area contributed by atoms with Crippen LogP contribution >= 0.6 is 0 Å². The van der Waals surface area contributed by atoms with Crippen LogP contribution in [0.25, 0.3) is 11.4 Å². The first-order valence-electron chi connectivity index (χ1n) is 12.0. The quantitative estimate of drug-likeness (QED) is 0.526. The first-order valence-corrected chi connectivity index (χ1v) is 12.0. The molecular formula is C24H26F5N5O. The lowest BCUT2D eigenvalue weighted by molar-refractivity contribution is -0.198. The molecule has 1 aliphatic heterocycles. The number of nitrogens with zero attached hydrogens (tertiary/aromatic N) is 5. The van der Waals surface area contributed by atoms with Crippen molar-refractivity contribution in [2.24, 2.45) is 17.5 Å². The zero-order valence-corrected chi connectivity index (χ0v) is 19.3. The van der Waals surface area contributed by atoms with E-state index in [1.54, 1.807) is 22.7 Å².